The van der Waals surface area contributed by atoms with E-state index in [0.717, 1.165) is 11.8 Å². The first-order chi connectivity index (χ1) is 9.42. The van der Waals surface area contributed by atoms with Crippen LogP contribution in [0.1, 0.15) is 82.6 Å². The van der Waals surface area contributed by atoms with Crippen molar-refractivity contribution < 1.29 is 0 Å². The first-order valence-electron chi connectivity index (χ1n) is 8.46. The average Bonchev–Trinajstić information content (AvgIpc) is 2.49. The minimum atomic E-state index is 0.832. The third-order valence-electron chi connectivity index (χ3n) is 4.82. The molecular formula is C19H30. The number of benzene rings is 1. The lowest BCUT2D eigenvalue weighted by Crippen LogP contribution is -2.16. The maximum absolute atomic E-state index is 2.36. The fourth-order valence-electron chi connectivity index (χ4n) is 3.70. The van der Waals surface area contributed by atoms with Gasteiger partial charge in [-0.2, -0.15) is 0 Å². The van der Waals surface area contributed by atoms with Crippen molar-refractivity contribution in [3.8, 4) is 0 Å². The molecule has 0 heteroatoms. The summed E-state index contributed by atoms with van der Waals surface area (Å²) in [7, 11) is 0. The molecule has 0 amide bonds. The van der Waals surface area contributed by atoms with E-state index in [1.807, 2.05) is 0 Å². The Labute approximate surface area is 119 Å². The molecule has 2 rings (SSSR count). The van der Waals surface area contributed by atoms with Crippen LogP contribution in [0.25, 0.3) is 0 Å². The number of unbranched alkanes of at least 4 members (excludes halogenated alkanes) is 3. The number of hydrogen-bond donors (Lipinski definition) is 0. The summed E-state index contributed by atoms with van der Waals surface area (Å²) in [6.07, 6.45) is 14.3. The molecule has 0 radical (unpaired) electrons. The van der Waals surface area contributed by atoms with Crippen molar-refractivity contribution in [3.05, 3.63) is 35.9 Å². The molecule has 1 aromatic rings. The summed E-state index contributed by atoms with van der Waals surface area (Å²) in [6, 6.07) is 11.3. The Kier molecular flexibility index (Phi) is 6.47. The summed E-state index contributed by atoms with van der Waals surface area (Å²) in [5.74, 6) is 1.79. The fourth-order valence-corrected chi connectivity index (χ4v) is 3.70. The Bertz CT molecular complexity index is 321. The van der Waals surface area contributed by atoms with Crippen molar-refractivity contribution in [2.45, 2.75) is 77.0 Å². The highest BCUT2D eigenvalue weighted by atomic mass is 14.3. The van der Waals surface area contributed by atoms with Crippen LogP contribution in [0.2, 0.25) is 0 Å². The molecule has 0 spiro atoms. The number of hydrogen-bond acceptors (Lipinski definition) is 0. The zero-order chi connectivity index (χ0) is 13.3. The lowest BCUT2D eigenvalue weighted by molar-refractivity contribution is 0.289. The van der Waals surface area contributed by atoms with Gasteiger partial charge in [-0.1, -0.05) is 82.2 Å². The molecule has 1 atom stereocenters. The highest BCUT2D eigenvalue weighted by molar-refractivity contribution is 5.20. The second-order valence-corrected chi connectivity index (χ2v) is 6.26. The SMILES string of the molecule is CCCCCCC(c1ccccc1)C1CCCCC1. The van der Waals surface area contributed by atoms with Crippen LogP contribution in [0.15, 0.2) is 30.3 Å². The summed E-state index contributed by atoms with van der Waals surface area (Å²) in [5.41, 5.74) is 1.60. The largest absolute Gasteiger partial charge is 0.0654 e. The molecule has 1 saturated carbocycles. The van der Waals surface area contributed by atoms with Gasteiger partial charge in [0.1, 0.15) is 0 Å². The van der Waals surface area contributed by atoms with Gasteiger partial charge in [0, 0.05) is 0 Å². The van der Waals surface area contributed by atoms with E-state index in [1.54, 1.807) is 5.56 Å². The Morgan fingerprint density at radius 1 is 0.947 bits per heavy atom. The van der Waals surface area contributed by atoms with Crippen LogP contribution in [0.5, 0.6) is 0 Å². The van der Waals surface area contributed by atoms with E-state index in [9.17, 15) is 0 Å². The van der Waals surface area contributed by atoms with E-state index in [0.29, 0.717) is 0 Å². The van der Waals surface area contributed by atoms with Crippen molar-refractivity contribution in [1.82, 2.24) is 0 Å². The van der Waals surface area contributed by atoms with Gasteiger partial charge in [0.2, 0.25) is 0 Å². The summed E-state index contributed by atoms with van der Waals surface area (Å²) in [5, 5.41) is 0. The van der Waals surface area contributed by atoms with Gasteiger partial charge in [-0.15, -0.1) is 0 Å². The third kappa shape index (κ3) is 4.67. The van der Waals surface area contributed by atoms with Crippen molar-refractivity contribution in [2.75, 3.05) is 0 Å². The first kappa shape index (κ1) is 14.6. The van der Waals surface area contributed by atoms with E-state index < -0.39 is 0 Å². The van der Waals surface area contributed by atoms with Gasteiger partial charge in [-0.05, 0) is 36.7 Å². The van der Waals surface area contributed by atoms with Crippen LogP contribution in [-0.4, -0.2) is 0 Å². The maximum Gasteiger partial charge on any atom is -0.0134 e. The normalized spacial score (nSPS) is 18.4. The van der Waals surface area contributed by atoms with E-state index in [-0.39, 0.29) is 0 Å². The zero-order valence-electron chi connectivity index (χ0n) is 12.6. The Morgan fingerprint density at radius 3 is 2.37 bits per heavy atom. The van der Waals surface area contributed by atoms with Crippen molar-refractivity contribution in [3.63, 3.8) is 0 Å². The minimum absolute atomic E-state index is 0.832. The van der Waals surface area contributed by atoms with Gasteiger partial charge in [0.15, 0.2) is 0 Å². The van der Waals surface area contributed by atoms with Gasteiger partial charge >= 0.3 is 0 Å². The van der Waals surface area contributed by atoms with Crippen molar-refractivity contribution >= 4 is 0 Å². The molecule has 1 aromatic carbocycles. The topological polar surface area (TPSA) is 0 Å². The van der Waals surface area contributed by atoms with Gasteiger partial charge in [0.25, 0.3) is 0 Å². The predicted octanol–water partition coefficient (Wildman–Crippen LogP) is 6.32. The van der Waals surface area contributed by atoms with Crippen LogP contribution >= 0.6 is 0 Å². The Balaban J connectivity index is 1.96. The summed E-state index contributed by atoms with van der Waals surface area (Å²) < 4.78 is 0. The highest BCUT2D eigenvalue weighted by Gasteiger charge is 2.24. The molecule has 0 saturated heterocycles. The average molecular weight is 258 g/mol. The van der Waals surface area contributed by atoms with Crippen LogP contribution in [0, 0.1) is 5.92 Å². The van der Waals surface area contributed by atoms with Crippen molar-refractivity contribution in [1.29, 1.82) is 0 Å². The Hall–Kier alpha value is -0.780. The highest BCUT2D eigenvalue weighted by Crippen LogP contribution is 2.39. The molecule has 0 aliphatic heterocycles. The molecule has 0 N–H and O–H groups in total. The van der Waals surface area contributed by atoms with Crippen LogP contribution in [-0.2, 0) is 0 Å². The molecule has 19 heavy (non-hydrogen) atoms. The monoisotopic (exact) mass is 258 g/mol. The molecule has 106 valence electrons. The second kappa shape index (κ2) is 8.40. The first-order valence-corrected chi connectivity index (χ1v) is 8.46. The van der Waals surface area contributed by atoms with E-state index in [1.165, 1.54) is 64.2 Å². The quantitative estimate of drug-likeness (QED) is 0.502. The molecular weight excluding hydrogens is 228 g/mol. The number of rotatable bonds is 7. The summed E-state index contributed by atoms with van der Waals surface area (Å²) in [6.45, 7) is 2.30. The lowest BCUT2D eigenvalue weighted by Gasteiger charge is -2.31. The lowest BCUT2D eigenvalue weighted by atomic mass is 9.74. The van der Waals surface area contributed by atoms with Gasteiger partial charge < -0.3 is 0 Å². The second-order valence-electron chi connectivity index (χ2n) is 6.26. The van der Waals surface area contributed by atoms with E-state index >= 15 is 0 Å². The van der Waals surface area contributed by atoms with Gasteiger partial charge in [-0.25, -0.2) is 0 Å². The maximum atomic E-state index is 2.36. The smallest absolute Gasteiger partial charge is 0.0134 e. The molecule has 1 unspecified atom stereocenters. The van der Waals surface area contributed by atoms with E-state index in [4.69, 9.17) is 0 Å². The van der Waals surface area contributed by atoms with Gasteiger partial charge in [0.05, 0.1) is 0 Å². The molecule has 1 aliphatic carbocycles. The third-order valence-corrected chi connectivity index (χ3v) is 4.82. The molecule has 0 bridgehead atoms. The molecule has 0 nitrogen and oxygen atoms in total. The standard InChI is InChI=1S/C19H30/c1-2-3-4-11-16-19(17-12-7-5-8-13-17)18-14-9-6-10-15-18/h5,7-8,12-13,18-19H,2-4,6,9-11,14-16H2,1H3. The predicted molar refractivity (Wildman–Crippen MR) is 84.5 cm³/mol. The fraction of sp³-hybridized carbons (Fsp3) is 0.684. The molecule has 1 aliphatic rings. The summed E-state index contributed by atoms with van der Waals surface area (Å²) >= 11 is 0. The van der Waals surface area contributed by atoms with Crippen LogP contribution in [0.3, 0.4) is 0 Å². The van der Waals surface area contributed by atoms with Crippen LogP contribution in [0.4, 0.5) is 0 Å². The molecule has 0 heterocycles. The molecule has 1 fully saturated rings. The van der Waals surface area contributed by atoms with Gasteiger partial charge in [-0.3, -0.25) is 0 Å². The minimum Gasteiger partial charge on any atom is -0.0654 e. The Morgan fingerprint density at radius 2 is 1.68 bits per heavy atom. The zero-order valence-corrected chi connectivity index (χ0v) is 12.6. The van der Waals surface area contributed by atoms with E-state index in [2.05, 4.69) is 37.3 Å². The van der Waals surface area contributed by atoms with Crippen molar-refractivity contribution in [2.24, 2.45) is 5.92 Å². The summed E-state index contributed by atoms with van der Waals surface area (Å²) in [4.78, 5) is 0. The molecule has 0 aromatic heterocycles. The van der Waals surface area contributed by atoms with Crippen LogP contribution < -0.4 is 0 Å².